The third-order valence-corrected chi connectivity index (χ3v) is 3.62. The van der Waals surface area contributed by atoms with Gasteiger partial charge in [0.05, 0.1) is 18.4 Å². The Kier molecular flexibility index (Phi) is 4.02. The molecule has 3 aromatic rings. The Labute approximate surface area is 128 Å². The van der Waals surface area contributed by atoms with Crippen LogP contribution in [0.2, 0.25) is 0 Å². The van der Waals surface area contributed by atoms with Gasteiger partial charge in [-0.2, -0.15) is 5.10 Å². The van der Waals surface area contributed by atoms with Gasteiger partial charge in [-0.1, -0.05) is 0 Å². The maximum Gasteiger partial charge on any atom is 0.123 e. The first-order valence-electron chi connectivity index (χ1n) is 7.06. The predicted octanol–water partition coefficient (Wildman–Crippen LogP) is 2.58. The number of rotatable bonds is 5. The number of nitrogens with zero attached hydrogens (tertiary/aromatic N) is 4. The van der Waals surface area contributed by atoms with Gasteiger partial charge in [-0.3, -0.25) is 10.00 Å². The molecule has 1 aromatic carbocycles. The monoisotopic (exact) mass is 299 g/mol. The van der Waals surface area contributed by atoms with E-state index >= 15 is 0 Å². The molecule has 0 unspecified atom stereocenters. The molecule has 0 aliphatic carbocycles. The lowest BCUT2D eigenvalue weighted by molar-refractivity contribution is 0.307. The zero-order valence-corrected chi connectivity index (χ0v) is 12.6. The fourth-order valence-electron chi connectivity index (χ4n) is 2.43. The lowest BCUT2D eigenvalue weighted by atomic mass is 10.1. The first kappa shape index (κ1) is 14.5. The van der Waals surface area contributed by atoms with Crippen LogP contribution in [-0.4, -0.2) is 31.7 Å². The van der Waals surface area contributed by atoms with Gasteiger partial charge in [-0.25, -0.2) is 9.37 Å². The zero-order valence-electron chi connectivity index (χ0n) is 12.6. The van der Waals surface area contributed by atoms with Crippen molar-refractivity contribution in [2.45, 2.75) is 13.1 Å². The normalized spacial score (nSPS) is 11.3. The van der Waals surface area contributed by atoms with E-state index in [0.717, 1.165) is 35.7 Å². The Morgan fingerprint density at radius 2 is 2.00 bits per heavy atom. The molecule has 0 aliphatic rings. The average Bonchev–Trinajstić information content (AvgIpc) is 3.10. The fourth-order valence-corrected chi connectivity index (χ4v) is 2.43. The van der Waals surface area contributed by atoms with Crippen LogP contribution >= 0.6 is 0 Å². The van der Waals surface area contributed by atoms with Gasteiger partial charge >= 0.3 is 0 Å². The third kappa shape index (κ3) is 3.07. The minimum atomic E-state index is -0.239. The molecule has 0 aliphatic heterocycles. The summed E-state index contributed by atoms with van der Waals surface area (Å²) in [6.45, 7) is 1.48. The lowest BCUT2D eigenvalue weighted by Gasteiger charge is -2.16. The SMILES string of the molecule is CN(Cc1cn[nH]c1-c1ccc(F)cc1)Cc1nccn1C. The van der Waals surface area contributed by atoms with E-state index in [1.165, 1.54) is 12.1 Å². The van der Waals surface area contributed by atoms with Crippen LogP contribution in [0, 0.1) is 5.82 Å². The number of halogens is 1. The summed E-state index contributed by atoms with van der Waals surface area (Å²) in [5, 5.41) is 7.12. The number of hydrogen-bond donors (Lipinski definition) is 1. The molecule has 2 heterocycles. The maximum atomic E-state index is 13.0. The summed E-state index contributed by atoms with van der Waals surface area (Å²) < 4.78 is 15.1. The number of aromatic amines is 1. The second-order valence-electron chi connectivity index (χ2n) is 5.40. The van der Waals surface area contributed by atoms with Gasteiger partial charge in [-0.05, 0) is 31.3 Å². The fraction of sp³-hybridized carbons (Fsp3) is 0.250. The highest BCUT2D eigenvalue weighted by molar-refractivity contribution is 5.62. The molecule has 0 radical (unpaired) electrons. The van der Waals surface area contributed by atoms with Crippen molar-refractivity contribution >= 4 is 0 Å². The van der Waals surface area contributed by atoms with Crippen LogP contribution in [0.5, 0.6) is 0 Å². The van der Waals surface area contributed by atoms with E-state index < -0.39 is 0 Å². The number of aryl methyl sites for hydroxylation is 1. The van der Waals surface area contributed by atoms with Crippen LogP contribution < -0.4 is 0 Å². The molecule has 0 spiro atoms. The van der Waals surface area contributed by atoms with Crippen molar-refractivity contribution in [1.82, 2.24) is 24.6 Å². The second-order valence-corrected chi connectivity index (χ2v) is 5.40. The van der Waals surface area contributed by atoms with Crippen LogP contribution in [0.15, 0.2) is 42.9 Å². The second kappa shape index (κ2) is 6.11. The summed E-state index contributed by atoms with van der Waals surface area (Å²) in [5.74, 6) is 0.769. The number of aromatic nitrogens is 4. The van der Waals surface area contributed by atoms with Crippen LogP contribution in [0.25, 0.3) is 11.3 Å². The molecule has 22 heavy (non-hydrogen) atoms. The number of H-pyrrole nitrogens is 1. The summed E-state index contributed by atoms with van der Waals surface area (Å²) in [7, 11) is 4.02. The molecule has 0 saturated heterocycles. The Morgan fingerprint density at radius 1 is 1.23 bits per heavy atom. The van der Waals surface area contributed by atoms with Crippen molar-refractivity contribution in [3.8, 4) is 11.3 Å². The van der Waals surface area contributed by atoms with E-state index in [1.54, 1.807) is 18.3 Å². The summed E-state index contributed by atoms with van der Waals surface area (Å²) in [6, 6.07) is 6.42. The van der Waals surface area contributed by atoms with Crippen molar-refractivity contribution in [3.63, 3.8) is 0 Å². The Balaban J connectivity index is 1.75. The van der Waals surface area contributed by atoms with E-state index in [4.69, 9.17) is 0 Å². The highest BCUT2D eigenvalue weighted by atomic mass is 19.1. The van der Waals surface area contributed by atoms with Gasteiger partial charge in [0.15, 0.2) is 0 Å². The Bertz CT molecular complexity index is 744. The van der Waals surface area contributed by atoms with E-state index in [1.807, 2.05) is 31.1 Å². The predicted molar refractivity (Wildman–Crippen MR) is 82.4 cm³/mol. The Hall–Kier alpha value is -2.47. The van der Waals surface area contributed by atoms with E-state index in [2.05, 4.69) is 20.1 Å². The summed E-state index contributed by atoms with van der Waals surface area (Å²) >= 11 is 0. The molecule has 0 amide bonds. The summed E-state index contributed by atoms with van der Waals surface area (Å²) in [5.41, 5.74) is 2.93. The van der Waals surface area contributed by atoms with E-state index in [-0.39, 0.29) is 5.82 Å². The van der Waals surface area contributed by atoms with Gasteiger partial charge in [0.25, 0.3) is 0 Å². The summed E-state index contributed by atoms with van der Waals surface area (Å²) in [6.07, 6.45) is 5.55. The molecule has 1 N–H and O–H groups in total. The summed E-state index contributed by atoms with van der Waals surface area (Å²) in [4.78, 5) is 6.50. The van der Waals surface area contributed by atoms with Gasteiger partial charge in [0, 0.05) is 37.1 Å². The topological polar surface area (TPSA) is 49.7 Å². The molecular weight excluding hydrogens is 281 g/mol. The van der Waals surface area contributed by atoms with Crippen LogP contribution in [-0.2, 0) is 20.1 Å². The van der Waals surface area contributed by atoms with Crippen LogP contribution in [0.3, 0.4) is 0 Å². The van der Waals surface area contributed by atoms with Crippen molar-refractivity contribution in [2.75, 3.05) is 7.05 Å². The van der Waals surface area contributed by atoms with Crippen molar-refractivity contribution in [3.05, 3.63) is 60.1 Å². The van der Waals surface area contributed by atoms with Gasteiger partial charge in [-0.15, -0.1) is 0 Å². The van der Waals surface area contributed by atoms with Crippen molar-refractivity contribution < 1.29 is 4.39 Å². The molecule has 0 atom stereocenters. The maximum absolute atomic E-state index is 13.0. The number of nitrogens with one attached hydrogen (secondary N) is 1. The minimum Gasteiger partial charge on any atom is -0.337 e. The number of imidazole rings is 1. The smallest absolute Gasteiger partial charge is 0.123 e. The molecule has 0 bridgehead atoms. The van der Waals surface area contributed by atoms with Crippen molar-refractivity contribution in [1.29, 1.82) is 0 Å². The molecule has 3 rings (SSSR count). The minimum absolute atomic E-state index is 0.239. The highest BCUT2D eigenvalue weighted by Gasteiger charge is 2.11. The molecule has 0 saturated carbocycles. The molecule has 114 valence electrons. The van der Waals surface area contributed by atoms with Crippen LogP contribution in [0.1, 0.15) is 11.4 Å². The molecule has 5 nitrogen and oxygen atoms in total. The largest absolute Gasteiger partial charge is 0.337 e. The third-order valence-electron chi connectivity index (χ3n) is 3.62. The standard InChI is InChI=1S/C16H18FN5/c1-21(11-15-18-7-8-22(15)2)10-13-9-19-20-16(13)12-3-5-14(17)6-4-12/h3-9H,10-11H2,1-2H3,(H,19,20). The van der Waals surface area contributed by atoms with Gasteiger partial charge in [0.2, 0.25) is 0 Å². The first-order chi connectivity index (χ1) is 10.6. The first-order valence-corrected chi connectivity index (χ1v) is 7.06. The molecule has 0 fully saturated rings. The van der Waals surface area contributed by atoms with Gasteiger partial charge in [0.1, 0.15) is 11.6 Å². The van der Waals surface area contributed by atoms with Crippen LogP contribution in [0.4, 0.5) is 4.39 Å². The highest BCUT2D eigenvalue weighted by Crippen LogP contribution is 2.22. The average molecular weight is 299 g/mol. The zero-order chi connectivity index (χ0) is 15.5. The van der Waals surface area contributed by atoms with Crippen molar-refractivity contribution in [2.24, 2.45) is 7.05 Å². The quantitative estimate of drug-likeness (QED) is 0.788. The molecular formula is C16H18FN5. The number of hydrogen-bond acceptors (Lipinski definition) is 3. The molecule has 6 heteroatoms. The Morgan fingerprint density at radius 3 is 2.68 bits per heavy atom. The lowest BCUT2D eigenvalue weighted by Crippen LogP contribution is -2.19. The van der Waals surface area contributed by atoms with E-state index in [9.17, 15) is 4.39 Å². The van der Waals surface area contributed by atoms with E-state index in [0.29, 0.717) is 0 Å². The van der Waals surface area contributed by atoms with Gasteiger partial charge < -0.3 is 4.57 Å². The number of benzene rings is 1. The molecule has 2 aromatic heterocycles.